The van der Waals surface area contributed by atoms with Gasteiger partial charge in [0.05, 0.1) is 19.6 Å². The predicted octanol–water partition coefficient (Wildman–Crippen LogP) is 3.84. The van der Waals surface area contributed by atoms with Crippen molar-refractivity contribution in [3.8, 4) is 17.1 Å². The zero-order chi connectivity index (χ0) is 22.5. The molecular formula is C25H28N4O3. The number of hydrogen-bond donors (Lipinski definition) is 1. The minimum atomic E-state index is -0.277. The summed E-state index contributed by atoms with van der Waals surface area (Å²) in [6.07, 6.45) is 7.39. The number of pyridine rings is 1. The van der Waals surface area contributed by atoms with Gasteiger partial charge in [0.15, 0.2) is 0 Å². The van der Waals surface area contributed by atoms with Crippen LogP contribution in [0.5, 0.6) is 5.75 Å². The zero-order valence-electron chi connectivity index (χ0n) is 18.5. The van der Waals surface area contributed by atoms with Gasteiger partial charge in [-0.2, -0.15) is 0 Å². The van der Waals surface area contributed by atoms with Crippen molar-refractivity contribution in [3.05, 3.63) is 76.0 Å². The third-order valence-corrected chi connectivity index (χ3v) is 6.06. The number of ether oxygens (including phenoxy) is 1. The molecule has 0 spiro atoms. The van der Waals surface area contributed by atoms with E-state index in [1.165, 1.54) is 0 Å². The van der Waals surface area contributed by atoms with E-state index in [1.54, 1.807) is 32.5 Å². The van der Waals surface area contributed by atoms with Gasteiger partial charge in [-0.3, -0.25) is 14.6 Å². The number of likely N-dealkylation sites (tertiary alicyclic amines) is 1. The van der Waals surface area contributed by atoms with E-state index in [0.717, 1.165) is 42.6 Å². The van der Waals surface area contributed by atoms with Gasteiger partial charge in [0.2, 0.25) is 5.91 Å². The molecule has 0 aliphatic carbocycles. The molecule has 1 atom stereocenters. The topological polar surface area (TPSA) is 88.2 Å². The third-order valence-electron chi connectivity index (χ3n) is 6.06. The Labute approximate surface area is 187 Å². The average molecular weight is 433 g/mol. The van der Waals surface area contributed by atoms with Crippen molar-refractivity contribution >= 4 is 5.91 Å². The maximum Gasteiger partial charge on any atom is 0.255 e. The second-order valence-corrected chi connectivity index (χ2v) is 8.12. The molecule has 1 fully saturated rings. The van der Waals surface area contributed by atoms with Crippen LogP contribution in [0.25, 0.3) is 11.4 Å². The Hall–Kier alpha value is -3.48. The van der Waals surface area contributed by atoms with E-state index in [2.05, 4.69) is 15.0 Å². The highest BCUT2D eigenvalue weighted by molar-refractivity contribution is 5.79. The maximum atomic E-state index is 13.4. The van der Waals surface area contributed by atoms with Crippen LogP contribution < -0.4 is 10.3 Å². The highest BCUT2D eigenvalue weighted by Gasteiger charge is 2.28. The van der Waals surface area contributed by atoms with Crippen LogP contribution in [0.15, 0.2) is 53.6 Å². The molecule has 0 unspecified atom stereocenters. The number of methoxy groups -OCH3 is 1. The van der Waals surface area contributed by atoms with E-state index in [0.29, 0.717) is 23.6 Å². The van der Waals surface area contributed by atoms with E-state index in [4.69, 9.17) is 4.74 Å². The standard InChI is InChI=1S/C25H28N4O3/c1-17-21(25(31)28-24(27-17)19-7-6-13-26-16-19)15-23(30)29-14-5-3-4-8-22(29)18-9-11-20(32-2)12-10-18/h6-7,9-13,16,22H,3-5,8,14-15H2,1-2H3,(H,27,28,31)/t22-/m1/s1. The number of carbonyl (C=O) groups is 1. The van der Waals surface area contributed by atoms with Gasteiger partial charge < -0.3 is 14.6 Å². The van der Waals surface area contributed by atoms with Crippen LogP contribution in [-0.4, -0.2) is 39.4 Å². The molecule has 166 valence electrons. The fourth-order valence-corrected chi connectivity index (χ4v) is 4.29. The molecule has 4 rings (SSSR count). The maximum absolute atomic E-state index is 13.4. The van der Waals surface area contributed by atoms with Crippen LogP contribution in [0.1, 0.15) is 48.5 Å². The van der Waals surface area contributed by atoms with Gasteiger partial charge in [-0.05, 0) is 49.6 Å². The van der Waals surface area contributed by atoms with E-state index >= 15 is 0 Å². The monoisotopic (exact) mass is 432 g/mol. The van der Waals surface area contributed by atoms with E-state index < -0.39 is 0 Å². The molecule has 3 aromatic rings. The summed E-state index contributed by atoms with van der Waals surface area (Å²) in [6.45, 7) is 2.47. The van der Waals surface area contributed by atoms with Crippen molar-refractivity contribution in [3.63, 3.8) is 0 Å². The zero-order valence-corrected chi connectivity index (χ0v) is 18.5. The molecule has 1 amide bonds. The summed E-state index contributed by atoms with van der Waals surface area (Å²) in [7, 11) is 1.64. The van der Waals surface area contributed by atoms with Crippen molar-refractivity contribution in [2.45, 2.75) is 45.1 Å². The smallest absolute Gasteiger partial charge is 0.255 e. The minimum absolute atomic E-state index is 0.00193. The second kappa shape index (κ2) is 9.77. The van der Waals surface area contributed by atoms with Gasteiger partial charge in [0.25, 0.3) is 5.56 Å². The quantitative estimate of drug-likeness (QED) is 0.662. The Bertz CT molecular complexity index is 1130. The van der Waals surface area contributed by atoms with Crippen molar-refractivity contribution in [2.24, 2.45) is 0 Å². The van der Waals surface area contributed by atoms with Crippen LogP contribution >= 0.6 is 0 Å². The van der Waals surface area contributed by atoms with Gasteiger partial charge in [0.1, 0.15) is 11.6 Å². The minimum Gasteiger partial charge on any atom is -0.497 e. The highest BCUT2D eigenvalue weighted by atomic mass is 16.5. The molecule has 7 nitrogen and oxygen atoms in total. The molecule has 1 aromatic carbocycles. The Kier molecular flexibility index (Phi) is 6.63. The molecule has 32 heavy (non-hydrogen) atoms. The first-order chi connectivity index (χ1) is 15.6. The Morgan fingerprint density at radius 3 is 2.69 bits per heavy atom. The van der Waals surface area contributed by atoms with Crippen LogP contribution in [0.2, 0.25) is 0 Å². The summed E-state index contributed by atoms with van der Waals surface area (Å²) >= 11 is 0. The van der Waals surface area contributed by atoms with Crippen LogP contribution in [0.4, 0.5) is 0 Å². The summed E-state index contributed by atoms with van der Waals surface area (Å²) in [6, 6.07) is 11.5. The number of aromatic nitrogens is 3. The number of amides is 1. The van der Waals surface area contributed by atoms with Crippen molar-refractivity contribution in [2.75, 3.05) is 13.7 Å². The molecule has 1 aliphatic rings. The number of carbonyl (C=O) groups excluding carboxylic acids is 1. The van der Waals surface area contributed by atoms with E-state index in [1.807, 2.05) is 35.2 Å². The lowest BCUT2D eigenvalue weighted by molar-refractivity contribution is -0.133. The van der Waals surface area contributed by atoms with Gasteiger partial charge in [-0.1, -0.05) is 25.0 Å². The molecule has 7 heteroatoms. The summed E-state index contributed by atoms with van der Waals surface area (Å²) in [4.78, 5) is 39.6. The highest BCUT2D eigenvalue weighted by Crippen LogP contribution is 2.31. The average Bonchev–Trinajstić information content (AvgIpc) is 3.08. The number of hydrogen-bond acceptors (Lipinski definition) is 5. The Morgan fingerprint density at radius 2 is 2.00 bits per heavy atom. The number of aryl methyl sites for hydroxylation is 1. The van der Waals surface area contributed by atoms with Gasteiger partial charge in [-0.25, -0.2) is 4.98 Å². The number of nitrogens with one attached hydrogen (secondary N) is 1. The first kappa shape index (κ1) is 21.7. The number of benzene rings is 1. The van der Waals surface area contributed by atoms with Crippen molar-refractivity contribution < 1.29 is 9.53 Å². The molecule has 1 aliphatic heterocycles. The third kappa shape index (κ3) is 4.72. The molecule has 3 heterocycles. The fourth-order valence-electron chi connectivity index (χ4n) is 4.29. The molecule has 0 saturated carbocycles. The number of aromatic amines is 1. The normalized spacial score (nSPS) is 16.4. The first-order valence-corrected chi connectivity index (χ1v) is 11.0. The summed E-state index contributed by atoms with van der Waals surface area (Å²) in [5.74, 6) is 1.21. The molecule has 0 bridgehead atoms. The lowest BCUT2D eigenvalue weighted by atomic mass is 10.00. The predicted molar refractivity (Wildman–Crippen MR) is 122 cm³/mol. The Balaban J connectivity index is 1.59. The van der Waals surface area contributed by atoms with Gasteiger partial charge in [-0.15, -0.1) is 0 Å². The number of H-pyrrole nitrogens is 1. The lowest BCUT2D eigenvalue weighted by Crippen LogP contribution is -2.37. The SMILES string of the molecule is COc1ccc([C@H]2CCCCCN2C(=O)Cc2c(C)nc(-c3cccnc3)[nH]c2=O)cc1. The van der Waals surface area contributed by atoms with Crippen molar-refractivity contribution in [1.29, 1.82) is 0 Å². The largest absolute Gasteiger partial charge is 0.497 e. The van der Waals surface area contributed by atoms with E-state index in [9.17, 15) is 9.59 Å². The number of rotatable bonds is 5. The molecule has 1 saturated heterocycles. The molecule has 1 N–H and O–H groups in total. The fraction of sp³-hybridized carbons (Fsp3) is 0.360. The van der Waals surface area contributed by atoms with Gasteiger partial charge >= 0.3 is 0 Å². The van der Waals surface area contributed by atoms with Crippen LogP contribution in [0.3, 0.4) is 0 Å². The lowest BCUT2D eigenvalue weighted by Gasteiger charge is -2.31. The summed E-state index contributed by atoms with van der Waals surface area (Å²) < 4.78 is 5.27. The molecule has 0 radical (unpaired) electrons. The Morgan fingerprint density at radius 1 is 1.19 bits per heavy atom. The van der Waals surface area contributed by atoms with E-state index in [-0.39, 0.29) is 23.9 Å². The summed E-state index contributed by atoms with van der Waals surface area (Å²) in [5, 5.41) is 0. The molecule has 2 aromatic heterocycles. The van der Waals surface area contributed by atoms with Crippen LogP contribution in [0, 0.1) is 6.92 Å². The van der Waals surface area contributed by atoms with Crippen LogP contribution in [-0.2, 0) is 11.2 Å². The van der Waals surface area contributed by atoms with Crippen molar-refractivity contribution in [1.82, 2.24) is 19.9 Å². The second-order valence-electron chi connectivity index (χ2n) is 8.12. The molecular weight excluding hydrogens is 404 g/mol. The summed E-state index contributed by atoms with van der Waals surface area (Å²) in [5.41, 5.74) is 2.53. The van der Waals surface area contributed by atoms with Gasteiger partial charge in [0, 0.05) is 35.8 Å². The number of nitrogens with zero attached hydrogens (tertiary/aromatic N) is 3. The first-order valence-electron chi connectivity index (χ1n) is 11.0.